The number of sulfonamides is 1. The number of hydrogen-bond donors (Lipinski definition) is 1. The molecule has 2 heterocycles. The topological polar surface area (TPSA) is 142 Å². The molecule has 1 aromatic heterocycles. The molecule has 1 aliphatic rings. The highest BCUT2D eigenvalue weighted by molar-refractivity contribution is 7.89. The third-order valence-corrected chi connectivity index (χ3v) is 8.15. The molecule has 0 radical (unpaired) electrons. The van der Waals surface area contributed by atoms with Crippen molar-refractivity contribution in [2.45, 2.75) is 56.9 Å². The smallest absolute Gasteiger partial charge is 0.244 e. The number of hydrogen-bond acceptors (Lipinski definition) is 8. The Kier molecular flexibility index (Phi) is 8.96. The van der Waals surface area contributed by atoms with Crippen LogP contribution in [0.5, 0.6) is 0 Å². The molecule has 0 fully saturated rings. The van der Waals surface area contributed by atoms with Gasteiger partial charge in [0.05, 0.1) is 47.7 Å². The van der Waals surface area contributed by atoms with Crippen LogP contribution < -0.4 is 0 Å². The minimum Gasteiger partial charge on any atom is -0.394 e. The number of amides is 1. The predicted molar refractivity (Wildman–Crippen MR) is 126 cm³/mol. The molecular formula is C23H32N6O5S. The van der Waals surface area contributed by atoms with E-state index in [2.05, 4.69) is 10.3 Å². The van der Waals surface area contributed by atoms with Crippen LogP contribution in [0.3, 0.4) is 0 Å². The van der Waals surface area contributed by atoms with Crippen LogP contribution in [0.4, 0.5) is 0 Å². The van der Waals surface area contributed by atoms with Crippen molar-refractivity contribution >= 4 is 15.9 Å². The molecule has 35 heavy (non-hydrogen) atoms. The number of rotatable bonds is 6. The molecule has 0 saturated carbocycles. The Labute approximate surface area is 205 Å². The average Bonchev–Trinajstić information content (AvgIpc) is 3.30. The zero-order chi connectivity index (χ0) is 25.6. The van der Waals surface area contributed by atoms with Gasteiger partial charge in [0.25, 0.3) is 0 Å². The Morgan fingerprint density at radius 3 is 2.83 bits per heavy atom. The number of fused-ring (bicyclic) bond motifs is 1. The van der Waals surface area contributed by atoms with E-state index in [4.69, 9.17) is 4.74 Å². The molecule has 0 spiro atoms. The van der Waals surface area contributed by atoms with Gasteiger partial charge in [0.1, 0.15) is 6.07 Å². The maximum atomic E-state index is 13.3. The van der Waals surface area contributed by atoms with Gasteiger partial charge in [-0.15, -0.1) is 5.10 Å². The molecular weight excluding hydrogens is 472 g/mol. The van der Waals surface area contributed by atoms with Gasteiger partial charge in [-0.2, -0.15) is 9.57 Å². The van der Waals surface area contributed by atoms with Gasteiger partial charge in [-0.1, -0.05) is 24.3 Å². The van der Waals surface area contributed by atoms with Crippen LogP contribution >= 0.6 is 0 Å². The quantitative estimate of drug-likeness (QED) is 0.614. The maximum absolute atomic E-state index is 13.3. The van der Waals surface area contributed by atoms with Gasteiger partial charge in [0.2, 0.25) is 15.9 Å². The fourth-order valence-electron chi connectivity index (χ4n) is 4.05. The van der Waals surface area contributed by atoms with Crippen molar-refractivity contribution in [2.75, 3.05) is 26.7 Å². The number of aliphatic hydroxyl groups excluding tert-OH is 1. The lowest BCUT2D eigenvalue weighted by Gasteiger charge is -2.35. The third kappa shape index (κ3) is 6.24. The van der Waals surface area contributed by atoms with E-state index in [0.717, 1.165) is 5.69 Å². The van der Waals surface area contributed by atoms with Gasteiger partial charge in [0, 0.05) is 39.0 Å². The van der Waals surface area contributed by atoms with E-state index in [9.17, 15) is 23.6 Å². The van der Waals surface area contributed by atoms with Crippen molar-refractivity contribution in [3.63, 3.8) is 0 Å². The fourth-order valence-corrected chi connectivity index (χ4v) is 5.37. The number of aliphatic hydroxyl groups is 1. The van der Waals surface area contributed by atoms with Crippen LogP contribution in [0, 0.1) is 17.2 Å². The largest absolute Gasteiger partial charge is 0.394 e. The van der Waals surface area contributed by atoms with Gasteiger partial charge in [0.15, 0.2) is 0 Å². The molecule has 1 aliphatic heterocycles. The summed E-state index contributed by atoms with van der Waals surface area (Å²) >= 11 is 0. The second-order valence-corrected chi connectivity index (χ2v) is 10.9. The van der Waals surface area contributed by atoms with Gasteiger partial charge in [-0.3, -0.25) is 4.79 Å². The monoisotopic (exact) mass is 504 g/mol. The minimum absolute atomic E-state index is 0.000362. The van der Waals surface area contributed by atoms with Gasteiger partial charge in [-0.25, -0.2) is 13.1 Å². The summed E-state index contributed by atoms with van der Waals surface area (Å²) < 4.78 is 35.6. The summed E-state index contributed by atoms with van der Waals surface area (Å²) in [5, 5.41) is 27.1. The standard InChI is InChI=1S/C23H32N6O5S/c1-17-13-28(18(2)15-30)23(31)9-6-10-29-20(12-25-26-29)16-34-21(17)14-27(3)35(32,33)22-8-5-4-7-19(22)11-24/h4-5,7-8,12,17-18,21,30H,6,9-10,13-16H2,1-3H3/t17-,18+,21-/m1/s1. The van der Waals surface area contributed by atoms with Crippen LogP contribution in [0.15, 0.2) is 35.4 Å². The highest BCUT2D eigenvalue weighted by Gasteiger charge is 2.32. The molecule has 190 valence electrons. The molecule has 0 saturated heterocycles. The molecule has 0 aliphatic carbocycles. The number of benzene rings is 1. The number of likely N-dealkylation sites (N-methyl/N-ethyl adjacent to an activating group) is 1. The maximum Gasteiger partial charge on any atom is 0.244 e. The van der Waals surface area contributed by atoms with Crippen molar-refractivity contribution < 1.29 is 23.1 Å². The number of nitrogens with zero attached hydrogens (tertiary/aromatic N) is 6. The highest BCUT2D eigenvalue weighted by atomic mass is 32.2. The summed E-state index contributed by atoms with van der Waals surface area (Å²) in [4.78, 5) is 14.5. The van der Waals surface area contributed by atoms with E-state index in [-0.39, 0.29) is 48.1 Å². The summed E-state index contributed by atoms with van der Waals surface area (Å²) in [5.41, 5.74) is 0.798. The van der Waals surface area contributed by atoms with E-state index >= 15 is 0 Å². The van der Waals surface area contributed by atoms with Crippen LogP contribution in [0.25, 0.3) is 0 Å². The molecule has 3 atom stereocenters. The number of aromatic nitrogens is 3. The first kappa shape index (κ1) is 26.7. The van der Waals surface area contributed by atoms with Crippen molar-refractivity contribution in [3.8, 4) is 6.07 Å². The molecule has 2 aromatic rings. The molecule has 0 bridgehead atoms. The van der Waals surface area contributed by atoms with E-state index in [0.29, 0.717) is 25.9 Å². The predicted octanol–water partition coefficient (Wildman–Crippen LogP) is 0.995. The highest BCUT2D eigenvalue weighted by Crippen LogP contribution is 2.22. The fraction of sp³-hybridized carbons (Fsp3) is 0.565. The SMILES string of the molecule is C[C@@H]1CN([C@@H](C)CO)C(=O)CCCn2nncc2CO[C@@H]1CN(C)S(=O)(=O)c1ccccc1C#N. The zero-order valence-corrected chi connectivity index (χ0v) is 21.1. The van der Waals surface area contributed by atoms with Crippen molar-refractivity contribution in [1.82, 2.24) is 24.2 Å². The zero-order valence-electron chi connectivity index (χ0n) is 20.2. The van der Waals surface area contributed by atoms with Gasteiger partial charge < -0.3 is 14.7 Å². The Hall–Kier alpha value is -2.85. The molecule has 3 rings (SSSR count). The molecule has 0 unspecified atom stereocenters. The molecule has 1 amide bonds. The average molecular weight is 505 g/mol. The van der Waals surface area contributed by atoms with Crippen LogP contribution in [-0.2, 0) is 32.7 Å². The molecule has 12 heteroatoms. The Bertz CT molecular complexity index is 1160. The van der Waals surface area contributed by atoms with Crippen LogP contribution in [0.1, 0.15) is 37.9 Å². The third-order valence-electron chi connectivity index (χ3n) is 6.27. The van der Waals surface area contributed by atoms with E-state index in [1.54, 1.807) is 34.8 Å². The second kappa shape index (κ2) is 11.7. The summed E-state index contributed by atoms with van der Waals surface area (Å²) in [6.07, 6.45) is 1.87. The minimum atomic E-state index is -3.97. The normalized spacial score (nSPS) is 21.0. The van der Waals surface area contributed by atoms with Crippen molar-refractivity contribution in [1.29, 1.82) is 5.26 Å². The lowest BCUT2D eigenvalue weighted by Crippen LogP contribution is -2.48. The van der Waals surface area contributed by atoms with E-state index < -0.39 is 16.1 Å². The molecule has 1 aromatic carbocycles. The van der Waals surface area contributed by atoms with Crippen LogP contribution in [-0.4, -0.2) is 82.5 Å². The number of carbonyl (C=O) groups excluding carboxylic acids is 1. The van der Waals surface area contributed by atoms with Crippen molar-refractivity contribution in [2.24, 2.45) is 5.92 Å². The number of nitriles is 1. The number of carbonyl (C=O) groups is 1. The number of aryl methyl sites for hydroxylation is 1. The van der Waals surface area contributed by atoms with Gasteiger partial charge in [-0.05, 0) is 25.5 Å². The summed E-state index contributed by atoms with van der Waals surface area (Å²) in [6, 6.07) is 7.60. The Morgan fingerprint density at radius 1 is 1.37 bits per heavy atom. The van der Waals surface area contributed by atoms with E-state index in [1.165, 1.54) is 23.5 Å². The number of ether oxygens (including phenoxy) is 1. The summed E-state index contributed by atoms with van der Waals surface area (Å²) in [7, 11) is -2.52. The second-order valence-electron chi connectivity index (χ2n) is 8.85. The first-order valence-corrected chi connectivity index (χ1v) is 13.0. The summed E-state index contributed by atoms with van der Waals surface area (Å²) in [6.45, 7) is 4.44. The molecule has 11 nitrogen and oxygen atoms in total. The molecule has 1 N–H and O–H groups in total. The van der Waals surface area contributed by atoms with Gasteiger partial charge >= 0.3 is 0 Å². The van der Waals surface area contributed by atoms with E-state index in [1.807, 2.05) is 13.0 Å². The van der Waals surface area contributed by atoms with Crippen LogP contribution in [0.2, 0.25) is 0 Å². The van der Waals surface area contributed by atoms with Crippen molar-refractivity contribution in [3.05, 3.63) is 41.7 Å². The Balaban J connectivity index is 1.90. The lowest BCUT2D eigenvalue weighted by atomic mass is 10.0. The first-order valence-electron chi connectivity index (χ1n) is 11.5. The lowest BCUT2D eigenvalue weighted by molar-refractivity contribution is -0.136. The Morgan fingerprint density at radius 2 is 2.11 bits per heavy atom. The summed E-state index contributed by atoms with van der Waals surface area (Å²) in [5.74, 6) is -0.358. The first-order chi connectivity index (χ1) is 16.7.